The standard InChI is InChI=1S/C29H33ClFN3O5S/c1-5-16-32-29(36)21(3)33(18-22-8-10-23(31)11-9-22)28(35)19-34(24-12-15-27(39-4)26(30)17-24)40(37,38)25-13-6-20(2)7-14-25/h6-15,17,21H,5,16,18-19H2,1-4H3,(H,32,36)/t21-/m1/s1. The Balaban J connectivity index is 2.05. The summed E-state index contributed by atoms with van der Waals surface area (Å²) in [4.78, 5) is 28.0. The van der Waals surface area contributed by atoms with Crippen molar-refractivity contribution in [3.8, 4) is 5.75 Å². The molecule has 0 saturated carbocycles. The maximum atomic E-state index is 13.9. The van der Waals surface area contributed by atoms with Crippen molar-refractivity contribution < 1.29 is 27.1 Å². The van der Waals surface area contributed by atoms with Gasteiger partial charge in [0.2, 0.25) is 11.8 Å². The van der Waals surface area contributed by atoms with Crippen LogP contribution in [0.15, 0.2) is 71.6 Å². The van der Waals surface area contributed by atoms with Crippen LogP contribution in [0.4, 0.5) is 10.1 Å². The maximum absolute atomic E-state index is 13.9. The first-order valence-electron chi connectivity index (χ1n) is 12.7. The molecule has 0 aliphatic carbocycles. The number of anilines is 1. The number of hydrogen-bond acceptors (Lipinski definition) is 5. The summed E-state index contributed by atoms with van der Waals surface area (Å²) in [6.45, 7) is 5.06. The van der Waals surface area contributed by atoms with Crippen LogP contribution in [0.3, 0.4) is 0 Å². The van der Waals surface area contributed by atoms with E-state index in [1.165, 1.54) is 66.6 Å². The van der Waals surface area contributed by atoms with Gasteiger partial charge in [0.05, 0.1) is 22.7 Å². The van der Waals surface area contributed by atoms with Crippen molar-refractivity contribution in [3.05, 3.63) is 88.7 Å². The lowest BCUT2D eigenvalue weighted by molar-refractivity contribution is -0.139. The van der Waals surface area contributed by atoms with E-state index in [0.717, 1.165) is 9.87 Å². The number of carbonyl (C=O) groups excluding carboxylic acids is 2. The van der Waals surface area contributed by atoms with Gasteiger partial charge in [-0.1, -0.05) is 48.4 Å². The Labute approximate surface area is 239 Å². The molecule has 3 aromatic rings. The summed E-state index contributed by atoms with van der Waals surface area (Å²) in [7, 11) is -2.80. The monoisotopic (exact) mass is 589 g/mol. The van der Waals surface area contributed by atoms with Gasteiger partial charge in [0.25, 0.3) is 10.0 Å². The van der Waals surface area contributed by atoms with E-state index < -0.39 is 40.2 Å². The number of rotatable bonds is 12. The zero-order valence-electron chi connectivity index (χ0n) is 22.9. The van der Waals surface area contributed by atoms with Crippen LogP contribution >= 0.6 is 11.6 Å². The van der Waals surface area contributed by atoms with Crippen molar-refractivity contribution in [1.82, 2.24) is 10.2 Å². The number of nitrogens with one attached hydrogen (secondary N) is 1. The summed E-state index contributed by atoms with van der Waals surface area (Å²) in [5, 5.41) is 2.93. The minimum Gasteiger partial charge on any atom is -0.495 e. The molecule has 1 atom stereocenters. The van der Waals surface area contributed by atoms with Gasteiger partial charge in [-0.05, 0) is 68.3 Å². The van der Waals surface area contributed by atoms with Gasteiger partial charge < -0.3 is 15.0 Å². The normalized spacial score (nSPS) is 11.9. The van der Waals surface area contributed by atoms with E-state index in [9.17, 15) is 22.4 Å². The number of sulfonamides is 1. The summed E-state index contributed by atoms with van der Waals surface area (Å²) < 4.78 is 47.4. The Morgan fingerprint density at radius 2 is 1.70 bits per heavy atom. The summed E-state index contributed by atoms with van der Waals surface area (Å²) in [5.41, 5.74) is 1.58. The minimum absolute atomic E-state index is 0.0170. The van der Waals surface area contributed by atoms with Crippen LogP contribution < -0.4 is 14.4 Å². The van der Waals surface area contributed by atoms with E-state index in [2.05, 4.69) is 5.32 Å². The molecule has 0 aliphatic heterocycles. The average Bonchev–Trinajstić information content (AvgIpc) is 2.93. The topological polar surface area (TPSA) is 96.0 Å². The highest BCUT2D eigenvalue weighted by Crippen LogP contribution is 2.32. The number of halogens is 2. The van der Waals surface area contributed by atoms with Gasteiger partial charge in [-0.25, -0.2) is 12.8 Å². The van der Waals surface area contributed by atoms with E-state index >= 15 is 0 Å². The first kappa shape index (κ1) is 30.9. The predicted octanol–water partition coefficient (Wildman–Crippen LogP) is 4.93. The second-order valence-corrected chi connectivity index (χ2v) is 11.5. The lowest BCUT2D eigenvalue weighted by Gasteiger charge is -2.32. The van der Waals surface area contributed by atoms with Crippen LogP contribution in [-0.2, 0) is 26.2 Å². The number of carbonyl (C=O) groups is 2. The average molecular weight is 590 g/mol. The highest BCUT2D eigenvalue weighted by molar-refractivity contribution is 7.92. The highest BCUT2D eigenvalue weighted by Gasteiger charge is 2.32. The third-order valence-electron chi connectivity index (χ3n) is 6.29. The summed E-state index contributed by atoms with van der Waals surface area (Å²) in [6.07, 6.45) is 0.700. The van der Waals surface area contributed by atoms with E-state index in [4.69, 9.17) is 16.3 Å². The van der Waals surface area contributed by atoms with Crippen molar-refractivity contribution in [3.63, 3.8) is 0 Å². The molecule has 0 fully saturated rings. The Hall–Kier alpha value is -3.63. The Bertz CT molecular complexity index is 1430. The predicted molar refractivity (Wildman–Crippen MR) is 153 cm³/mol. The third-order valence-corrected chi connectivity index (χ3v) is 8.38. The van der Waals surface area contributed by atoms with Gasteiger partial charge in [0.15, 0.2) is 0 Å². The van der Waals surface area contributed by atoms with Crippen molar-refractivity contribution >= 4 is 39.1 Å². The number of ether oxygens (including phenoxy) is 1. The van der Waals surface area contributed by atoms with Gasteiger partial charge in [0, 0.05) is 13.1 Å². The quantitative estimate of drug-likeness (QED) is 0.323. The van der Waals surface area contributed by atoms with Crippen molar-refractivity contribution in [2.24, 2.45) is 0 Å². The Kier molecular flexibility index (Phi) is 10.5. The number of benzene rings is 3. The molecule has 0 bridgehead atoms. The fourth-order valence-corrected chi connectivity index (χ4v) is 5.60. The fraction of sp³-hybridized carbons (Fsp3) is 0.310. The van der Waals surface area contributed by atoms with Crippen molar-refractivity contribution in [2.45, 2.75) is 44.7 Å². The lowest BCUT2D eigenvalue weighted by atomic mass is 10.1. The van der Waals surface area contributed by atoms with E-state index in [0.29, 0.717) is 24.3 Å². The van der Waals surface area contributed by atoms with E-state index in [-0.39, 0.29) is 22.2 Å². The van der Waals surface area contributed by atoms with Crippen LogP contribution in [0, 0.1) is 12.7 Å². The molecule has 0 saturated heterocycles. The molecule has 1 N–H and O–H groups in total. The minimum atomic E-state index is -4.24. The third kappa shape index (κ3) is 7.51. The first-order chi connectivity index (χ1) is 19.0. The number of nitrogens with zero attached hydrogens (tertiary/aromatic N) is 2. The zero-order chi connectivity index (χ0) is 29.4. The van der Waals surface area contributed by atoms with Gasteiger partial charge in [-0.2, -0.15) is 0 Å². The van der Waals surface area contributed by atoms with Crippen LogP contribution in [0.1, 0.15) is 31.4 Å². The molecule has 8 nitrogen and oxygen atoms in total. The summed E-state index contributed by atoms with van der Waals surface area (Å²) in [6, 6.07) is 15.3. The van der Waals surface area contributed by atoms with E-state index in [1.54, 1.807) is 19.1 Å². The largest absolute Gasteiger partial charge is 0.495 e. The number of hydrogen-bond donors (Lipinski definition) is 1. The smallest absolute Gasteiger partial charge is 0.264 e. The molecule has 0 aromatic heterocycles. The molecule has 40 heavy (non-hydrogen) atoms. The fourth-order valence-electron chi connectivity index (χ4n) is 3.94. The molecular weight excluding hydrogens is 557 g/mol. The SMILES string of the molecule is CCCNC(=O)[C@@H](C)N(Cc1ccc(F)cc1)C(=O)CN(c1ccc(OC)c(Cl)c1)S(=O)(=O)c1ccc(C)cc1. The number of aryl methyl sites for hydroxylation is 1. The molecule has 0 unspecified atom stereocenters. The number of methoxy groups -OCH3 is 1. The van der Waals surface area contributed by atoms with Gasteiger partial charge in [0.1, 0.15) is 24.2 Å². The number of amides is 2. The molecule has 0 aliphatic rings. The molecule has 0 radical (unpaired) electrons. The second-order valence-electron chi connectivity index (χ2n) is 9.26. The molecule has 3 rings (SSSR count). The second kappa shape index (κ2) is 13.6. The lowest BCUT2D eigenvalue weighted by Crippen LogP contribution is -2.51. The summed E-state index contributed by atoms with van der Waals surface area (Å²) >= 11 is 6.32. The van der Waals surface area contributed by atoms with Crippen LogP contribution in [0.5, 0.6) is 5.75 Å². The molecule has 11 heteroatoms. The zero-order valence-corrected chi connectivity index (χ0v) is 24.4. The molecular formula is C29H33ClFN3O5S. The molecule has 0 heterocycles. The maximum Gasteiger partial charge on any atom is 0.264 e. The van der Waals surface area contributed by atoms with Crippen LogP contribution in [-0.4, -0.2) is 51.4 Å². The van der Waals surface area contributed by atoms with E-state index in [1.807, 2.05) is 13.8 Å². The first-order valence-corrected chi connectivity index (χ1v) is 14.5. The summed E-state index contributed by atoms with van der Waals surface area (Å²) in [5.74, 6) is -1.13. The molecule has 0 spiro atoms. The molecule has 3 aromatic carbocycles. The van der Waals surface area contributed by atoms with Gasteiger partial charge >= 0.3 is 0 Å². The Morgan fingerprint density at radius 3 is 2.27 bits per heavy atom. The van der Waals surface area contributed by atoms with Crippen LogP contribution in [0.2, 0.25) is 5.02 Å². The van der Waals surface area contributed by atoms with Gasteiger partial charge in [-0.3, -0.25) is 13.9 Å². The highest BCUT2D eigenvalue weighted by atomic mass is 35.5. The molecule has 2 amide bonds. The molecule has 214 valence electrons. The van der Waals surface area contributed by atoms with Crippen molar-refractivity contribution in [2.75, 3.05) is 24.5 Å². The Morgan fingerprint density at radius 1 is 1.05 bits per heavy atom. The van der Waals surface area contributed by atoms with Crippen LogP contribution in [0.25, 0.3) is 0 Å². The van der Waals surface area contributed by atoms with Gasteiger partial charge in [-0.15, -0.1) is 0 Å². The van der Waals surface area contributed by atoms with Crippen molar-refractivity contribution in [1.29, 1.82) is 0 Å².